The van der Waals surface area contributed by atoms with Crippen molar-refractivity contribution >= 4 is 0 Å². The Kier molecular flexibility index (Phi) is 4.10. The van der Waals surface area contributed by atoms with Gasteiger partial charge in [-0.2, -0.15) is 0 Å². The van der Waals surface area contributed by atoms with Crippen LogP contribution in [-0.4, -0.2) is 11.7 Å². The molecular weight excluding hydrogens is 184 g/mol. The predicted molar refractivity (Wildman–Crippen MR) is 64.9 cm³/mol. The third kappa shape index (κ3) is 3.21. The lowest BCUT2D eigenvalue weighted by Crippen LogP contribution is -2.25. The van der Waals surface area contributed by atoms with Crippen molar-refractivity contribution in [2.24, 2.45) is 0 Å². The van der Waals surface area contributed by atoms with E-state index < -0.39 is 0 Å². The van der Waals surface area contributed by atoms with Crippen LogP contribution in [0.2, 0.25) is 0 Å². The molecule has 0 aromatic heterocycles. The third-order valence-corrected chi connectivity index (χ3v) is 2.78. The van der Waals surface area contributed by atoms with E-state index in [9.17, 15) is 5.11 Å². The molecule has 1 atom stereocenters. The Balaban J connectivity index is 2.90. The van der Waals surface area contributed by atoms with Crippen molar-refractivity contribution in [2.75, 3.05) is 6.61 Å². The van der Waals surface area contributed by atoms with E-state index in [-0.39, 0.29) is 12.0 Å². The maximum absolute atomic E-state index is 9.52. The van der Waals surface area contributed by atoms with Crippen molar-refractivity contribution in [1.29, 1.82) is 0 Å². The summed E-state index contributed by atoms with van der Waals surface area (Å²) in [5.74, 6) is 0. The van der Waals surface area contributed by atoms with Crippen LogP contribution < -0.4 is 0 Å². The third-order valence-electron chi connectivity index (χ3n) is 2.78. The molecule has 0 amide bonds. The molecule has 1 N–H and O–H groups in total. The van der Waals surface area contributed by atoms with Gasteiger partial charge in [0.05, 0.1) is 6.61 Å². The van der Waals surface area contributed by atoms with E-state index in [0.29, 0.717) is 0 Å². The van der Waals surface area contributed by atoms with Gasteiger partial charge in [-0.15, -0.1) is 0 Å². The first-order valence-corrected chi connectivity index (χ1v) is 5.38. The van der Waals surface area contributed by atoms with Crippen molar-refractivity contribution < 1.29 is 5.11 Å². The van der Waals surface area contributed by atoms with Crippen LogP contribution in [0, 0.1) is 0 Å². The lowest BCUT2D eigenvalue weighted by atomic mass is 9.80. The molecule has 1 aromatic rings. The standard InChI is InChI=1S/C14H20O/c1-12(2)9-10-14(3,11-15)13-7-5-4-6-8-13/h4-9,15H,10-11H2,1-3H3. The molecule has 0 saturated heterocycles. The molecule has 0 fully saturated rings. The Morgan fingerprint density at radius 1 is 1.27 bits per heavy atom. The van der Waals surface area contributed by atoms with E-state index in [0.717, 1.165) is 6.42 Å². The van der Waals surface area contributed by atoms with Gasteiger partial charge in [-0.3, -0.25) is 0 Å². The van der Waals surface area contributed by atoms with Crippen LogP contribution in [0.5, 0.6) is 0 Å². The van der Waals surface area contributed by atoms with Crippen LogP contribution in [0.15, 0.2) is 42.0 Å². The molecule has 0 spiro atoms. The van der Waals surface area contributed by atoms with E-state index in [1.54, 1.807) is 0 Å². The highest BCUT2D eigenvalue weighted by Crippen LogP contribution is 2.27. The number of aliphatic hydroxyl groups is 1. The highest BCUT2D eigenvalue weighted by Gasteiger charge is 2.23. The summed E-state index contributed by atoms with van der Waals surface area (Å²) in [6.45, 7) is 6.45. The monoisotopic (exact) mass is 204 g/mol. The van der Waals surface area contributed by atoms with Crippen molar-refractivity contribution in [2.45, 2.75) is 32.6 Å². The number of hydrogen-bond donors (Lipinski definition) is 1. The second-order valence-electron chi connectivity index (χ2n) is 4.57. The van der Waals surface area contributed by atoms with E-state index >= 15 is 0 Å². The Morgan fingerprint density at radius 3 is 2.33 bits per heavy atom. The van der Waals surface area contributed by atoms with Crippen molar-refractivity contribution in [3.63, 3.8) is 0 Å². The van der Waals surface area contributed by atoms with Gasteiger partial charge < -0.3 is 5.11 Å². The van der Waals surface area contributed by atoms with Crippen LogP contribution >= 0.6 is 0 Å². The maximum Gasteiger partial charge on any atom is 0.0528 e. The molecule has 0 radical (unpaired) electrons. The summed E-state index contributed by atoms with van der Waals surface area (Å²) in [6.07, 6.45) is 3.07. The summed E-state index contributed by atoms with van der Waals surface area (Å²) in [5.41, 5.74) is 2.34. The van der Waals surface area contributed by atoms with E-state index in [4.69, 9.17) is 0 Å². The molecule has 0 aliphatic rings. The van der Waals surface area contributed by atoms with Gasteiger partial charge >= 0.3 is 0 Å². The largest absolute Gasteiger partial charge is 0.395 e. The summed E-state index contributed by atoms with van der Waals surface area (Å²) >= 11 is 0. The average molecular weight is 204 g/mol. The molecule has 0 aliphatic carbocycles. The fourth-order valence-corrected chi connectivity index (χ4v) is 1.54. The summed E-state index contributed by atoms with van der Waals surface area (Å²) in [5, 5.41) is 9.52. The minimum atomic E-state index is -0.154. The van der Waals surface area contributed by atoms with Crippen LogP contribution in [0.1, 0.15) is 32.8 Å². The topological polar surface area (TPSA) is 20.2 Å². The number of benzene rings is 1. The molecule has 0 bridgehead atoms. The van der Waals surface area contributed by atoms with Gasteiger partial charge in [0, 0.05) is 5.41 Å². The van der Waals surface area contributed by atoms with E-state index in [1.807, 2.05) is 18.2 Å². The van der Waals surface area contributed by atoms with Gasteiger partial charge in [0.25, 0.3) is 0 Å². The molecule has 1 nitrogen and oxygen atoms in total. The van der Waals surface area contributed by atoms with Crippen LogP contribution in [0.4, 0.5) is 0 Å². The molecule has 1 heteroatoms. The smallest absolute Gasteiger partial charge is 0.0528 e. The summed E-state index contributed by atoms with van der Waals surface area (Å²) in [4.78, 5) is 0. The number of rotatable bonds is 4. The Labute approximate surface area is 92.5 Å². The highest BCUT2D eigenvalue weighted by molar-refractivity contribution is 5.25. The highest BCUT2D eigenvalue weighted by atomic mass is 16.3. The van der Waals surface area contributed by atoms with Crippen molar-refractivity contribution in [1.82, 2.24) is 0 Å². The molecule has 1 unspecified atom stereocenters. The van der Waals surface area contributed by atoms with Gasteiger partial charge in [-0.1, -0.05) is 48.9 Å². The van der Waals surface area contributed by atoms with Gasteiger partial charge in [0.2, 0.25) is 0 Å². The SMILES string of the molecule is CC(C)=CCC(C)(CO)c1ccccc1. The normalized spacial score (nSPS) is 14.4. The maximum atomic E-state index is 9.52. The molecule has 15 heavy (non-hydrogen) atoms. The zero-order chi connectivity index (χ0) is 11.3. The van der Waals surface area contributed by atoms with Crippen molar-refractivity contribution in [3.05, 3.63) is 47.5 Å². The average Bonchev–Trinajstić information content (AvgIpc) is 2.27. The van der Waals surface area contributed by atoms with Gasteiger partial charge in [-0.25, -0.2) is 0 Å². The first-order chi connectivity index (χ1) is 7.08. The van der Waals surface area contributed by atoms with Crippen LogP contribution in [0.25, 0.3) is 0 Å². The van der Waals surface area contributed by atoms with Crippen LogP contribution in [-0.2, 0) is 5.41 Å². The Hall–Kier alpha value is -1.08. The zero-order valence-corrected chi connectivity index (χ0v) is 9.83. The summed E-state index contributed by atoms with van der Waals surface area (Å²) < 4.78 is 0. The van der Waals surface area contributed by atoms with Crippen LogP contribution in [0.3, 0.4) is 0 Å². The lowest BCUT2D eigenvalue weighted by Gasteiger charge is -2.26. The zero-order valence-electron chi connectivity index (χ0n) is 9.83. The van der Waals surface area contributed by atoms with E-state index in [1.165, 1.54) is 11.1 Å². The summed E-state index contributed by atoms with van der Waals surface area (Å²) in [6, 6.07) is 10.2. The number of allylic oxidation sites excluding steroid dienone is 2. The minimum absolute atomic E-state index is 0.154. The molecule has 1 aromatic carbocycles. The molecular formula is C14H20O. The minimum Gasteiger partial charge on any atom is -0.395 e. The molecule has 0 saturated carbocycles. The fraction of sp³-hybridized carbons (Fsp3) is 0.429. The second-order valence-corrected chi connectivity index (χ2v) is 4.57. The van der Waals surface area contributed by atoms with Crippen molar-refractivity contribution in [3.8, 4) is 0 Å². The number of aliphatic hydroxyl groups excluding tert-OH is 1. The van der Waals surface area contributed by atoms with Gasteiger partial charge in [0.1, 0.15) is 0 Å². The second kappa shape index (κ2) is 5.13. The fourth-order valence-electron chi connectivity index (χ4n) is 1.54. The first kappa shape index (κ1) is 12.0. The number of hydrogen-bond acceptors (Lipinski definition) is 1. The predicted octanol–water partition coefficient (Wildman–Crippen LogP) is 3.29. The molecule has 0 heterocycles. The van der Waals surface area contributed by atoms with Gasteiger partial charge in [0.15, 0.2) is 0 Å². The van der Waals surface area contributed by atoms with Gasteiger partial charge in [-0.05, 0) is 25.8 Å². The first-order valence-electron chi connectivity index (χ1n) is 5.38. The quantitative estimate of drug-likeness (QED) is 0.746. The Bertz CT molecular complexity index is 322. The lowest BCUT2D eigenvalue weighted by molar-refractivity contribution is 0.206. The molecule has 82 valence electrons. The van der Waals surface area contributed by atoms with E-state index in [2.05, 4.69) is 39.0 Å². The summed E-state index contributed by atoms with van der Waals surface area (Å²) in [7, 11) is 0. The Morgan fingerprint density at radius 2 is 1.87 bits per heavy atom. The molecule has 1 rings (SSSR count). The molecule has 0 aliphatic heterocycles.